The maximum atomic E-state index is 13.4. The Morgan fingerprint density at radius 3 is 2.03 bits per heavy atom. The zero-order valence-corrected chi connectivity index (χ0v) is 17.7. The number of fused-ring (bicyclic) bond motifs is 2. The number of aromatic nitrogens is 1. The Morgan fingerprint density at radius 1 is 0.733 bits per heavy atom. The van der Waals surface area contributed by atoms with Crippen molar-refractivity contribution in [3.63, 3.8) is 0 Å². The van der Waals surface area contributed by atoms with Crippen LogP contribution in [0.1, 0.15) is 27.7 Å². The van der Waals surface area contributed by atoms with Crippen LogP contribution in [-0.4, -0.2) is 22.9 Å². The first-order valence-corrected chi connectivity index (χ1v) is 10.3. The molecule has 5 rings (SSSR count). The topological polar surface area (TPSA) is 40.5 Å². The molecular weight excluding hydrogens is 373 g/mol. The summed E-state index contributed by atoms with van der Waals surface area (Å²) in [4.78, 5) is 13.4. The fourth-order valence-corrected chi connectivity index (χ4v) is 4.05. The van der Waals surface area contributed by atoms with Gasteiger partial charge in [0.15, 0.2) is 5.43 Å². The number of para-hydroxylation sites is 2. The SMILES string of the molecule is CC1(C)OB(c2ccc3c(c2)c(=O)c2ccccc2n3-c2ccccc2)OC1(C)C. The van der Waals surface area contributed by atoms with Crippen molar-refractivity contribution in [2.75, 3.05) is 0 Å². The molecule has 0 saturated carbocycles. The number of hydrogen-bond donors (Lipinski definition) is 0. The van der Waals surface area contributed by atoms with Gasteiger partial charge in [0.05, 0.1) is 22.2 Å². The van der Waals surface area contributed by atoms with Gasteiger partial charge in [-0.15, -0.1) is 0 Å². The highest BCUT2D eigenvalue weighted by Crippen LogP contribution is 2.36. The number of nitrogens with zero attached hydrogens (tertiary/aromatic N) is 1. The largest absolute Gasteiger partial charge is 0.494 e. The van der Waals surface area contributed by atoms with E-state index in [4.69, 9.17) is 9.31 Å². The van der Waals surface area contributed by atoms with Gasteiger partial charge in [0, 0.05) is 16.5 Å². The summed E-state index contributed by atoms with van der Waals surface area (Å²) in [5.41, 5.74) is 2.79. The van der Waals surface area contributed by atoms with E-state index in [0.29, 0.717) is 10.8 Å². The molecule has 0 bridgehead atoms. The van der Waals surface area contributed by atoms with Gasteiger partial charge in [-0.3, -0.25) is 4.79 Å². The van der Waals surface area contributed by atoms with Crippen molar-refractivity contribution < 1.29 is 9.31 Å². The second-order valence-corrected chi connectivity index (χ2v) is 8.88. The Balaban J connectivity index is 1.77. The molecule has 0 radical (unpaired) electrons. The summed E-state index contributed by atoms with van der Waals surface area (Å²) < 4.78 is 14.6. The van der Waals surface area contributed by atoms with E-state index in [9.17, 15) is 4.79 Å². The van der Waals surface area contributed by atoms with Crippen LogP contribution in [-0.2, 0) is 9.31 Å². The average molecular weight is 397 g/mol. The van der Waals surface area contributed by atoms with Crippen molar-refractivity contribution in [3.8, 4) is 5.69 Å². The van der Waals surface area contributed by atoms with E-state index in [-0.39, 0.29) is 5.43 Å². The van der Waals surface area contributed by atoms with Crippen LogP contribution in [0.4, 0.5) is 0 Å². The molecule has 0 atom stereocenters. The third-order valence-corrected chi connectivity index (χ3v) is 6.44. The predicted molar refractivity (Wildman–Crippen MR) is 123 cm³/mol. The van der Waals surface area contributed by atoms with Crippen LogP contribution in [0.3, 0.4) is 0 Å². The fourth-order valence-electron chi connectivity index (χ4n) is 4.05. The van der Waals surface area contributed by atoms with Gasteiger partial charge in [0.1, 0.15) is 0 Å². The Labute approximate surface area is 176 Å². The van der Waals surface area contributed by atoms with Crippen molar-refractivity contribution in [1.82, 2.24) is 4.57 Å². The number of hydrogen-bond acceptors (Lipinski definition) is 3. The zero-order chi connectivity index (χ0) is 21.1. The normalized spacial score (nSPS) is 17.7. The zero-order valence-electron chi connectivity index (χ0n) is 17.7. The Hall–Kier alpha value is -2.89. The van der Waals surface area contributed by atoms with Crippen LogP contribution in [0.15, 0.2) is 77.6 Å². The first-order valence-electron chi connectivity index (χ1n) is 10.3. The third kappa shape index (κ3) is 2.81. The molecule has 1 aliphatic rings. The van der Waals surface area contributed by atoms with Crippen LogP contribution < -0.4 is 10.9 Å². The van der Waals surface area contributed by atoms with Gasteiger partial charge >= 0.3 is 7.12 Å². The standard InChI is InChI=1S/C25H24BNO3/c1-24(2)25(3,4)30-26(29-24)17-14-15-22-20(16-17)23(28)19-12-8-9-13-21(19)27(22)18-10-6-5-7-11-18/h5-16H,1-4H3. The molecule has 1 fully saturated rings. The number of rotatable bonds is 2. The molecule has 2 heterocycles. The summed E-state index contributed by atoms with van der Waals surface area (Å²) in [7, 11) is -0.504. The monoisotopic (exact) mass is 397 g/mol. The highest BCUT2D eigenvalue weighted by atomic mass is 16.7. The fraction of sp³-hybridized carbons (Fsp3) is 0.240. The van der Waals surface area contributed by atoms with E-state index in [1.54, 1.807) is 0 Å². The summed E-state index contributed by atoms with van der Waals surface area (Å²) in [5, 5.41) is 1.35. The quantitative estimate of drug-likeness (QED) is 0.371. The van der Waals surface area contributed by atoms with Gasteiger partial charge in [-0.2, -0.15) is 0 Å². The van der Waals surface area contributed by atoms with Gasteiger partial charge in [0.2, 0.25) is 0 Å². The third-order valence-electron chi connectivity index (χ3n) is 6.44. The molecule has 0 N–H and O–H groups in total. The molecule has 150 valence electrons. The molecule has 3 aromatic carbocycles. The molecule has 5 heteroatoms. The lowest BCUT2D eigenvalue weighted by Crippen LogP contribution is -2.41. The minimum atomic E-state index is -0.504. The first kappa shape index (κ1) is 19.1. The molecule has 1 saturated heterocycles. The lowest BCUT2D eigenvalue weighted by molar-refractivity contribution is 0.00578. The summed E-state index contributed by atoms with van der Waals surface area (Å²) in [6.07, 6.45) is 0. The molecule has 0 spiro atoms. The second kappa shape index (κ2) is 6.56. The second-order valence-electron chi connectivity index (χ2n) is 8.88. The van der Waals surface area contributed by atoms with Crippen molar-refractivity contribution in [2.24, 2.45) is 0 Å². The van der Waals surface area contributed by atoms with Crippen molar-refractivity contribution in [2.45, 2.75) is 38.9 Å². The molecular formula is C25H24BNO3. The van der Waals surface area contributed by atoms with Gasteiger partial charge in [-0.05, 0) is 69.6 Å². The number of benzene rings is 3. The van der Waals surface area contributed by atoms with E-state index in [1.165, 1.54) is 0 Å². The Bertz CT molecular complexity index is 1310. The average Bonchev–Trinajstić information content (AvgIpc) is 2.96. The van der Waals surface area contributed by atoms with E-state index < -0.39 is 18.3 Å². The molecule has 1 aliphatic heterocycles. The van der Waals surface area contributed by atoms with Crippen LogP contribution in [0.25, 0.3) is 27.5 Å². The maximum Gasteiger partial charge on any atom is 0.494 e. The van der Waals surface area contributed by atoms with Crippen molar-refractivity contribution in [1.29, 1.82) is 0 Å². The molecule has 1 aromatic heterocycles. The smallest absolute Gasteiger partial charge is 0.399 e. The van der Waals surface area contributed by atoms with E-state index in [2.05, 4.69) is 16.7 Å². The lowest BCUT2D eigenvalue weighted by atomic mass is 9.78. The summed E-state index contributed by atoms with van der Waals surface area (Å²) >= 11 is 0. The van der Waals surface area contributed by atoms with Gasteiger partial charge in [-0.25, -0.2) is 0 Å². The Morgan fingerprint density at radius 2 is 1.33 bits per heavy atom. The molecule has 0 unspecified atom stereocenters. The maximum absolute atomic E-state index is 13.4. The summed E-state index contributed by atoms with van der Waals surface area (Å²) in [5.74, 6) is 0. The lowest BCUT2D eigenvalue weighted by Gasteiger charge is -2.32. The number of pyridine rings is 1. The van der Waals surface area contributed by atoms with E-state index in [1.807, 2.05) is 88.4 Å². The minimum Gasteiger partial charge on any atom is -0.399 e. The van der Waals surface area contributed by atoms with Gasteiger partial charge in [-0.1, -0.05) is 36.4 Å². The highest BCUT2D eigenvalue weighted by molar-refractivity contribution is 6.62. The molecule has 4 aromatic rings. The predicted octanol–water partition coefficient (Wildman–Crippen LogP) is 4.44. The van der Waals surface area contributed by atoms with Crippen molar-refractivity contribution in [3.05, 3.63) is 83.0 Å². The Kier molecular flexibility index (Phi) is 4.18. The highest BCUT2D eigenvalue weighted by Gasteiger charge is 2.51. The van der Waals surface area contributed by atoms with E-state index in [0.717, 1.165) is 22.2 Å². The van der Waals surface area contributed by atoms with Gasteiger partial charge in [0.25, 0.3) is 0 Å². The van der Waals surface area contributed by atoms with Crippen LogP contribution in [0.5, 0.6) is 0 Å². The van der Waals surface area contributed by atoms with Crippen LogP contribution in [0, 0.1) is 0 Å². The summed E-state index contributed by atoms with van der Waals surface area (Å²) in [6, 6.07) is 23.8. The summed E-state index contributed by atoms with van der Waals surface area (Å²) in [6.45, 7) is 8.13. The van der Waals surface area contributed by atoms with E-state index >= 15 is 0 Å². The first-order chi connectivity index (χ1) is 14.3. The molecule has 0 aliphatic carbocycles. The minimum absolute atomic E-state index is 0.0196. The molecule has 4 nitrogen and oxygen atoms in total. The molecule has 0 amide bonds. The van der Waals surface area contributed by atoms with Crippen molar-refractivity contribution >= 4 is 34.4 Å². The van der Waals surface area contributed by atoms with Gasteiger partial charge < -0.3 is 13.9 Å². The van der Waals surface area contributed by atoms with Crippen LogP contribution >= 0.6 is 0 Å². The van der Waals surface area contributed by atoms with Crippen LogP contribution in [0.2, 0.25) is 0 Å². The molecule has 30 heavy (non-hydrogen) atoms.